The molecule has 94 valence electrons. The van der Waals surface area contributed by atoms with Gasteiger partial charge in [0.25, 0.3) is 0 Å². The number of carbonyl (C=O) groups excluding carboxylic acids is 1. The van der Waals surface area contributed by atoms with Gasteiger partial charge in [-0.15, -0.1) is 0 Å². The summed E-state index contributed by atoms with van der Waals surface area (Å²) in [5.74, 6) is 0.675. The third-order valence-electron chi connectivity index (χ3n) is 2.80. The maximum absolute atomic E-state index is 11.9. The van der Waals surface area contributed by atoms with E-state index >= 15 is 0 Å². The van der Waals surface area contributed by atoms with Crippen LogP contribution in [0.4, 0.5) is 0 Å². The van der Waals surface area contributed by atoms with Crippen LogP contribution in [0, 0.1) is 6.92 Å². The molecule has 0 aliphatic heterocycles. The molecule has 2 N–H and O–H groups in total. The molecule has 0 saturated carbocycles. The quantitative estimate of drug-likeness (QED) is 0.842. The third-order valence-corrected chi connectivity index (χ3v) is 3.19. The maximum Gasteiger partial charge on any atom is 0.180 e. The van der Waals surface area contributed by atoms with Crippen LogP contribution in [0.3, 0.4) is 0 Å². The number of Topliss-reactive ketones (excluding diaryl/α,β-unsaturated/α-hetero) is 1. The average Bonchev–Trinajstić information content (AvgIpc) is 2.30. The molecule has 1 aromatic carbocycles. The molecule has 3 nitrogen and oxygen atoms in total. The Morgan fingerprint density at radius 1 is 1.53 bits per heavy atom. The number of halogens is 1. The highest BCUT2D eigenvalue weighted by Gasteiger charge is 2.21. The van der Waals surface area contributed by atoms with Crippen molar-refractivity contribution >= 4 is 17.4 Å². The number of methoxy groups -OCH3 is 1. The van der Waals surface area contributed by atoms with E-state index in [9.17, 15) is 4.79 Å². The summed E-state index contributed by atoms with van der Waals surface area (Å²) in [6.07, 6.45) is 0. The van der Waals surface area contributed by atoms with E-state index in [4.69, 9.17) is 22.1 Å². The highest BCUT2D eigenvalue weighted by molar-refractivity contribution is 6.32. The van der Waals surface area contributed by atoms with E-state index in [1.54, 1.807) is 14.0 Å². The Morgan fingerprint density at radius 2 is 2.12 bits per heavy atom. The van der Waals surface area contributed by atoms with Crippen LogP contribution in [0.1, 0.15) is 41.3 Å². The lowest BCUT2D eigenvalue weighted by Gasteiger charge is -2.18. The molecule has 0 saturated heterocycles. The summed E-state index contributed by atoms with van der Waals surface area (Å²) >= 11 is 6.14. The largest absolute Gasteiger partial charge is 0.496 e. The van der Waals surface area contributed by atoms with Gasteiger partial charge in [0.1, 0.15) is 5.75 Å². The Bertz CT molecular complexity index is 442. The molecule has 0 radical (unpaired) electrons. The van der Waals surface area contributed by atoms with Crippen molar-refractivity contribution in [1.29, 1.82) is 0 Å². The summed E-state index contributed by atoms with van der Waals surface area (Å²) in [6, 6.07) is 1.85. The van der Waals surface area contributed by atoms with Crippen LogP contribution in [0.2, 0.25) is 5.02 Å². The highest BCUT2D eigenvalue weighted by atomic mass is 35.5. The molecule has 0 fully saturated rings. The lowest BCUT2D eigenvalue weighted by atomic mass is 9.94. The van der Waals surface area contributed by atoms with Gasteiger partial charge < -0.3 is 10.5 Å². The van der Waals surface area contributed by atoms with Crippen molar-refractivity contribution in [1.82, 2.24) is 0 Å². The molecule has 17 heavy (non-hydrogen) atoms. The molecule has 1 aromatic rings. The normalized spacial score (nSPS) is 10.8. The SMILES string of the molecule is COc1c(C(C)C)cc(Cl)c(C)c1C(=O)CN. The average molecular weight is 256 g/mol. The van der Waals surface area contributed by atoms with Crippen LogP contribution < -0.4 is 10.5 Å². The van der Waals surface area contributed by atoms with Gasteiger partial charge in [0.2, 0.25) is 0 Å². The summed E-state index contributed by atoms with van der Waals surface area (Å²) < 4.78 is 5.36. The Labute approximate surface area is 107 Å². The zero-order chi connectivity index (χ0) is 13.2. The zero-order valence-electron chi connectivity index (χ0n) is 10.6. The van der Waals surface area contributed by atoms with Crippen molar-refractivity contribution in [3.8, 4) is 5.75 Å². The molecule has 0 aliphatic rings. The molecule has 0 aliphatic carbocycles. The van der Waals surface area contributed by atoms with E-state index in [2.05, 4.69) is 0 Å². The van der Waals surface area contributed by atoms with Crippen molar-refractivity contribution in [2.45, 2.75) is 26.7 Å². The van der Waals surface area contributed by atoms with Crippen LogP contribution in [0.5, 0.6) is 5.75 Å². The van der Waals surface area contributed by atoms with Crippen LogP contribution in [-0.4, -0.2) is 19.4 Å². The second-order valence-electron chi connectivity index (χ2n) is 4.26. The van der Waals surface area contributed by atoms with Gasteiger partial charge in [-0.25, -0.2) is 0 Å². The molecule has 0 amide bonds. The van der Waals surface area contributed by atoms with E-state index in [0.29, 0.717) is 16.3 Å². The Kier molecular flexibility index (Phi) is 4.54. The number of benzene rings is 1. The van der Waals surface area contributed by atoms with Crippen molar-refractivity contribution in [2.75, 3.05) is 13.7 Å². The zero-order valence-corrected chi connectivity index (χ0v) is 11.4. The molecule has 0 heterocycles. The Morgan fingerprint density at radius 3 is 2.53 bits per heavy atom. The van der Waals surface area contributed by atoms with Crippen LogP contribution >= 0.6 is 11.6 Å². The number of rotatable bonds is 4. The van der Waals surface area contributed by atoms with Gasteiger partial charge in [0.15, 0.2) is 5.78 Å². The van der Waals surface area contributed by atoms with Gasteiger partial charge in [-0.05, 0) is 30.0 Å². The van der Waals surface area contributed by atoms with Gasteiger partial charge in [0, 0.05) is 5.02 Å². The van der Waals surface area contributed by atoms with Gasteiger partial charge in [-0.2, -0.15) is 0 Å². The summed E-state index contributed by atoms with van der Waals surface area (Å²) in [5, 5.41) is 0.575. The topological polar surface area (TPSA) is 52.3 Å². The minimum Gasteiger partial charge on any atom is -0.496 e. The number of carbonyl (C=O) groups is 1. The second-order valence-corrected chi connectivity index (χ2v) is 4.67. The Hall–Kier alpha value is -1.06. The second kappa shape index (κ2) is 5.52. The van der Waals surface area contributed by atoms with E-state index < -0.39 is 0 Å². The lowest BCUT2D eigenvalue weighted by Crippen LogP contribution is -2.17. The predicted molar refractivity (Wildman–Crippen MR) is 70.2 cm³/mol. The predicted octanol–water partition coefficient (Wildman–Crippen LogP) is 2.92. The first-order chi connectivity index (χ1) is 7.93. The standard InChI is InChI=1S/C13H18ClNO2/c1-7(2)9-5-10(14)8(3)12(11(16)6-15)13(9)17-4/h5,7H,6,15H2,1-4H3. The van der Waals surface area contributed by atoms with Crippen LogP contribution in [-0.2, 0) is 0 Å². The molecular weight excluding hydrogens is 238 g/mol. The molecule has 0 unspecified atom stereocenters. The van der Waals surface area contributed by atoms with E-state index in [0.717, 1.165) is 11.1 Å². The van der Waals surface area contributed by atoms with Gasteiger partial charge in [0.05, 0.1) is 19.2 Å². The molecule has 4 heteroatoms. The van der Waals surface area contributed by atoms with Crippen molar-refractivity contribution in [2.24, 2.45) is 5.73 Å². The van der Waals surface area contributed by atoms with E-state index in [1.807, 2.05) is 19.9 Å². The van der Waals surface area contributed by atoms with Crippen LogP contribution in [0.25, 0.3) is 0 Å². The summed E-state index contributed by atoms with van der Waals surface area (Å²) in [7, 11) is 1.56. The fourth-order valence-electron chi connectivity index (χ4n) is 1.83. The van der Waals surface area contributed by atoms with Gasteiger partial charge in [-0.3, -0.25) is 4.79 Å². The monoisotopic (exact) mass is 255 g/mol. The highest BCUT2D eigenvalue weighted by Crippen LogP contribution is 2.36. The Balaban J connectivity index is 3.59. The van der Waals surface area contributed by atoms with Crippen LogP contribution in [0.15, 0.2) is 6.07 Å². The van der Waals surface area contributed by atoms with Gasteiger partial charge in [-0.1, -0.05) is 25.4 Å². The number of ether oxygens (including phenoxy) is 1. The fraction of sp³-hybridized carbons (Fsp3) is 0.462. The number of ketones is 1. The summed E-state index contributed by atoms with van der Waals surface area (Å²) in [6.45, 7) is 5.81. The maximum atomic E-state index is 11.9. The smallest absolute Gasteiger partial charge is 0.180 e. The van der Waals surface area contributed by atoms with Gasteiger partial charge >= 0.3 is 0 Å². The first-order valence-corrected chi connectivity index (χ1v) is 5.92. The van der Waals surface area contributed by atoms with E-state index in [1.165, 1.54) is 0 Å². The summed E-state index contributed by atoms with van der Waals surface area (Å²) in [4.78, 5) is 11.9. The molecule has 0 aromatic heterocycles. The first kappa shape index (κ1) is 14.0. The minimum atomic E-state index is -0.149. The molecule has 1 rings (SSSR count). The molecule has 0 bridgehead atoms. The number of nitrogens with two attached hydrogens (primary N) is 1. The van der Waals surface area contributed by atoms with Crippen molar-refractivity contribution in [3.63, 3.8) is 0 Å². The van der Waals surface area contributed by atoms with Crippen molar-refractivity contribution < 1.29 is 9.53 Å². The first-order valence-electron chi connectivity index (χ1n) is 5.54. The molecule has 0 spiro atoms. The number of hydrogen-bond acceptors (Lipinski definition) is 3. The van der Waals surface area contributed by atoms with Crippen molar-refractivity contribution in [3.05, 3.63) is 27.8 Å². The lowest BCUT2D eigenvalue weighted by molar-refractivity contribution is 0.0997. The number of hydrogen-bond donors (Lipinski definition) is 1. The summed E-state index contributed by atoms with van der Waals surface area (Å²) in [5.41, 5.74) is 7.59. The minimum absolute atomic E-state index is 0.0466. The third kappa shape index (κ3) is 2.61. The fourth-order valence-corrected chi connectivity index (χ4v) is 2.04. The van der Waals surface area contributed by atoms with E-state index in [-0.39, 0.29) is 18.2 Å². The molecular formula is C13H18ClNO2. The molecule has 0 atom stereocenters.